The van der Waals surface area contributed by atoms with E-state index >= 15 is 0 Å². The number of hydrogen-bond donors (Lipinski definition) is 6. The number of hydrogen-bond acceptors (Lipinski definition) is 10. The maximum absolute atomic E-state index is 11.6. The van der Waals surface area contributed by atoms with Crippen LogP contribution in [0.4, 0.5) is 0 Å². The van der Waals surface area contributed by atoms with Gasteiger partial charge in [-0.1, -0.05) is 0 Å². The Hall–Kier alpha value is -2.05. The highest BCUT2D eigenvalue weighted by Crippen LogP contribution is 2.31. The lowest BCUT2D eigenvalue weighted by molar-refractivity contribution is -0.277. The summed E-state index contributed by atoms with van der Waals surface area (Å²) in [5, 5.41) is 60.4. The molecule has 1 aromatic carbocycles. The van der Waals surface area contributed by atoms with Gasteiger partial charge in [-0.3, -0.25) is 0 Å². The van der Waals surface area contributed by atoms with Crippen molar-refractivity contribution in [2.75, 3.05) is 6.61 Å². The van der Waals surface area contributed by atoms with Crippen molar-refractivity contribution in [3.8, 4) is 5.75 Å². The van der Waals surface area contributed by atoms with Gasteiger partial charge in [0.25, 0.3) is 0 Å². The first-order chi connectivity index (χ1) is 14.0. The van der Waals surface area contributed by atoms with Crippen LogP contribution in [-0.2, 0) is 11.2 Å². The van der Waals surface area contributed by atoms with Crippen LogP contribution in [0.2, 0.25) is 0 Å². The largest absolute Gasteiger partial charge is 0.462 e. The molecule has 0 spiro atoms. The Balaban J connectivity index is 1.99. The predicted molar refractivity (Wildman–Crippen MR) is 103 cm³/mol. The van der Waals surface area contributed by atoms with E-state index in [0.717, 1.165) is 0 Å². The Kier molecular flexibility index (Phi) is 6.48. The molecule has 1 aliphatic rings. The van der Waals surface area contributed by atoms with Crippen molar-refractivity contribution in [1.29, 1.82) is 0 Å². The van der Waals surface area contributed by atoms with Crippen LogP contribution in [-0.4, -0.2) is 79.7 Å². The van der Waals surface area contributed by atoms with Crippen molar-refractivity contribution in [2.24, 2.45) is 0 Å². The molecule has 0 radical (unpaired) electrons. The van der Waals surface area contributed by atoms with Crippen molar-refractivity contribution in [2.45, 2.75) is 62.7 Å². The molecule has 2 aromatic rings. The number of ether oxygens (including phenoxy) is 2. The van der Waals surface area contributed by atoms with E-state index in [2.05, 4.69) is 0 Å². The monoisotopic (exact) mass is 426 g/mol. The molecule has 0 unspecified atom stereocenters. The molecule has 10 nitrogen and oxygen atoms in total. The van der Waals surface area contributed by atoms with Gasteiger partial charge >= 0.3 is 5.63 Å². The van der Waals surface area contributed by atoms with Gasteiger partial charge in [0.1, 0.15) is 35.7 Å². The van der Waals surface area contributed by atoms with Gasteiger partial charge in [0, 0.05) is 23.9 Å². The van der Waals surface area contributed by atoms with Crippen LogP contribution >= 0.6 is 0 Å². The number of aliphatic hydroxyl groups is 6. The summed E-state index contributed by atoms with van der Waals surface area (Å²) in [6.07, 6.45) is -8.69. The maximum Gasteiger partial charge on any atom is 0.336 e. The van der Waals surface area contributed by atoms with E-state index in [1.165, 1.54) is 32.0 Å². The molecule has 10 heteroatoms. The molecule has 0 amide bonds. The second-order valence-corrected chi connectivity index (χ2v) is 7.94. The minimum atomic E-state index is -1.65. The Labute approximate surface area is 171 Å². The molecule has 1 fully saturated rings. The lowest BCUT2D eigenvalue weighted by Crippen LogP contribution is -2.60. The first-order valence-corrected chi connectivity index (χ1v) is 9.45. The molecule has 0 bridgehead atoms. The summed E-state index contributed by atoms with van der Waals surface area (Å²) in [7, 11) is 0. The zero-order chi connectivity index (χ0) is 22.2. The van der Waals surface area contributed by atoms with Gasteiger partial charge in [0.15, 0.2) is 0 Å². The van der Waals surface area contributed by atoms with Crippen molar-refractivity contribution >= 4 is 11.0 Å². The molecule has 3 rings (SSSR count). The summed E-state index contributed by atoms with van der Waals surface area (Å²) in [6, 6.07) is 5.71. The Morgan fingerprint density at radius 1 is 1.13 bits per heavy atom. The Morgan fingerprint density at radius 3 is 2.47 bits per heavy atom. The fraction of sp³-hybridized carbons (Fsp3) is 0.550. The molecule has 1 aliphatic heterocycles. The van der Waals surface area contributed by atoms with E-state index < -0.39 is 54.6 Å². The topological polar surface area (TPSA) is 170 Å². The summed E-state index contributed by atoms with van der Waals surface area (Å²) < 4.78 is 16.2. The van der Waals surface area contributed by atoms with Gasteiger partial charge in [-0.2, -0.15) is 0 Å². The Bertz CT molecular complexity index is 931. The van der Waals surface area contributed by atoms with Crippen LogP contribution in [0.25, 0.3) is 11.0 Å². The average molecular weight is 426 g/mol. The van der Waals surface area contributed by atoms with Gasteiger partial charge in [0.2, 0.25) is 6.29 Å². The van der Waals surface area contributed by atoms with Gasteiger partial charge in [-0.05, 0) is 31.5 Å². The van der Waals surface area contributed by atoms with Gasteiger partial charge in [-0.25, -0.2) is 4.79 Å². The minimum absolute atomic E-state index is 0.0503. The van der Waals surface area contributed by atoms with Crippen LogP contribution in [0.5, 0.6) is 5.75 Å². The van der Waals surface area contributed by atoms with Crippen LogP contribution < -0.4 is 10.4 Å². The third kappa shape index (κ3) is 4.65. The molecule has 0 saturated carbocycles. The van der Waals surface area contributed by atoms with E-state index in [0.29, 0.717) is 10.9 Å². The number of fused-ring (bicyclic) bond motifs is 1. The summed E-state index contributed by atoms with van der Waals surface area (Å²) in [5.41, 5.74) is -1.43. The fourth-order valence-electron chi connectivity index (χ4n) is 3.16. The molecule has 6 N–H and O–H groups in total. The zero-order valence-electron chi connectivity index (χ0n) is 16.5. The van der Waals surface area contributed by atoms with Gasteiger partial charge in [-0.15, -0.1) is 0 Å². The zero-order valence-corrected chi connectivity index (χ0v) is 16.5. The van der Waals surface area contributed by atoms with Gasteiger partial charge in [0.05, 0.1) is 18.3 Å². The second-order valence-electron chi connectivity index (χ2n) is 7.94. The quantitative estimate of drug-likeness (QED) is 0.303. The molecule has 1 aromatic heterocycles. The first kappa shape index (κ1) is 22.6. The van der Waals surface area contributed by atoms with Crippen molar-refractivity contribution in [3.63, 3.8) is 0 Å². The minimum Gasteiger partial charge on any atom is -0.462 e. The summed E-state index contributed by atoms with van der Waals surface area (Å²) in [6.45, 7) is 2.26. The predicted octanol–water partition coefficient (Wildman–Crippen LogP) is -1.35. The second kappa shape index (κ2) is 8.60. The summed E-state index contributed by atoms with van der Waals surface area (Å²) >= 11 is 0. The number of benzene rings is 1. The van der Waals surface area contributed by atoms with E-state index in [1.807, 2.05) is 0 Å². The Morgan fingerprint density at radius 2 is 1.83 bits per heavy atom. The first-order valence-electron chi connectivity index (χ1n) is 9.45. The van der Waals surface area contributed by atoms with Crippen molar-refractivity contribution < 1.29 is 44.5 Å². The average Bonchev–Trinajstić information content (AvgIpc) is 2.68. The van der Waals surface area contributed by atoms with E-state index in [4.69, 9.17) is 13.9 Å². The lowest BCUT2D eigenvalue weighted by atomic mass is 9.94. The molecule has 30 heavy (non-hydrogen) atoms. The molecular formula is C20H26O10. The molecule has 6 atom stereocenters. The van der Waals surface area contributed by atoms with E-state index in [1.54, 1.807) is 6.07 Å². The molecule has 1 saturated heterocycles. The summed E-state index contributed by atoms with van der Waals surface area (Å²) in [5.74, 6) is 0.0597. The van der Waals surface area contributed by atoms with Crippen LogP contribution in [0.1, 0.15) is 19.4 Å². The lowest BCUT2D eigenvalue weighted by Gasteiger charge is -2.39. The molecule has 166 valence electrons. The highest BCUT2D eigenvalue weighted by atomic mass is 16.7. The fourth-order valence-corrected chi connectivity index (χ4v) is 3.16. The summed E-state index contributed by atoms with van der Waals surface area (Å²) in [4.78, 5) is 11.6. The smallest absolute Gasteiger partial charge is 0.336 e. The molecular weight excluding hydrogens is 400 g/mol. The van der Waals surface area contributed by atoms with E-state index in [9.17, 15) is 35.4 Å². The van der Waals surface area contributed by atoms with Crippen molar-refractivity contribution in [3.05, 3.63) is 40.2 Å². The SMILES string of the molecule is CC(C)(O)[C@H](O)Cc1cc2ccc(=O)oc2cc1O[C@H]1O[C@@H](CO)[C@H](O)[C@H](O)[C@@H]1O. The van der Waals surface area contributed by atoms with Crippen molar-refractivity contribution in [1.82, 2.24) is 0 Å². The number of rotatable bonds is 6. The normalized spacial score (nSPS) is 28.5. The van der Waals surface area contributed by atoms with Crippen LogP contribution in [0.15, 0.2) is 33.5 Å². The van der Waals surface area contributed by atoms with E-state index in [-0.39, 0.29) is 17.8 Å². The number of aliphatic hydroxyl groups excluding tert-OH is 5. The highest BCUT2D eigenvalue weighted by molar-refractivity contribution is 5.79. The van der Waals surface area contributed by atoms with Crippen LogP contribution in [0.3, 0.4) is 0 Å². The van der Waals surface area contributed by atoms with Gasteiger partial charge < -0.3 is 44.5 Å². The third-order valence-electron chi connectivity index (χ3n) is 5.12. The molecule has 0 aliphatic carbocycles. The third-order valence-corrected chi connectivity index (χ3v) is 5.12. The molecule has 2 heterocycles. The maximum atomic E-state index is 11.6. The van der Waals surface area contributed by atoms with Crippen LogP contribution in [0, 0.1) is 0 Å². The highest BCUT2D eigenvalue weighted by Gasteiger charge is 2.45. The standard InChI is InChI=1S/C20H26O10/c1-20(2,27)14(22)6-10-5-9-3-4-15(23)28-11(9)7-12(10)29-19-18(26)17(25)16(24)13(8-21)30-19/h3-5,7,13-14,16-19,21-22,24-27H,6,8H2,1-2H3/t13-,14+,16-,17-,18-,19-/m0/s1.